The van der Waals surface area contributed by atoms with Gasteiger partial charge in [-0.15, -0.1) is 0 Å². The fraction of sp³-hybridized carbons (Fsp3) is 0.733. The summed E-state index contributed by atoms with van der Waals surface area (Å²) in [5, 5.41) is 10.5. The number of halogens is 3. The van der Waals surface area contributed by atoms with Crippen molar-refractivity contribution in [1.29, 1.82) is 0 Å². The van der Waals surface area contributed by atoms with Crippen LogP contribution < -0.4 is 10.6 Å². The van der Waals surface area contributed by atoms with Crippen molar-refractivity contribution in [2.24, 2.45) is 10.9 Å². The van der Waals surface area contributed by atoms with E-state index in [4.69, 9.17) is 0 Å². The van der Waals surface area contributed by atoms with E-state index in [1.54, 1.807) is 13.2 Å². The number of rotatable bonds is 6. The van der Waals surface area contributed by atoms with Crippen LogP contribution in [-0.2, 0) is 16.6 Å². The number of hydrogen-bond acceptors (Lipinski definition) is 4. The Labute approximate surface area is 156 Å². The molecule has 0 radical (unpaired) electrons. The van der Waals surface area contributed by atoms with Crippen molar-refractivity contribution in [3.8, 4) is 0 Å². The summed E-state index contributed by atoms with van der Waals surface area (Å²) in [6.07, 6.45) is 4.15. The number of hydrogen-bond donors (Lipinski definition) is 2. The standard InChI is InChI=1S/C15H25F3N6O2S/c1-12(11-23-7-3-6-21-23)10-20-14(19-2)22-13-4-8-24(9-5-13)27(25,26)15(16,17)18/h3,6-7,12-13H,4-5,8-11H2,1-2H3,(H2,19,20,22). The molecule has 12 heteroatoms. The van der Waals surface area contributed by atoms with Crippen LogP contribution in [0.2, 0.25) is 0 Å². The first kappa shape index (κ1) is 21.5. The maximum Gasteiger partial charge on any atom is 0.511 e. The molecule has 154 valence electrons. The molecule has 8 nitrogen and oxygen atoms in total. The Hall–Kier alpha value is -1.82. The molecule has 0 aliphatic carbocycles. The third kappa shape index (κ3) is 5.83. The Kier molecular flexibility index (Phi) is 7.09. The molecule has 2 heterocycles. The number of piperidine rings is 1. The molecule has 0 aromatic carbocycles. The van der Waals surface area contributed by atoms with E-state index in [0.717, 1.165) is 6.54 Å². The van der Waals surface area contributed by atoms with E-state index >= 15 is 0 Å². The highest BCUT2D eigenvalue weighted by Gasteiger charge is 2.50. The molecule has 2 N–H and O–H groups in total. The number of alkyl halides is 3. The van der Waals surface area contributed by atoms with Gasteiger partial charge in [0.05, 0.1) is 0 Å². The summed E-state index contributed by atoms with van der Waals surface area (Å²) in [4.78, 5) is 4.12. The van der Waals surface area contributed by atoms with Crippen LogP contribution in [0.15, 0.2) is 23.5 Å². The number of sulfonamides is 1. The van der Waals surface area contributed by atoms with E-state index in [1.807, 2.05) is 16.9 Å². The molecule has 27 heavy (non-hydrogen) atoms. The lowest BCUT2D eigenvalue weighted by atomic mass is 10.1. The highest BCUT2D eigenvalue weighted by atomic mass is 32.2. The molecular formula is C15H25F3N6O2S. The van der Waals surface area contributed by atoms with Crippen molar-refractivity contribution in [3.63, 3.8) is 0 Å². The first-order valence-electron chi connectivity index (χ1n) is 8.64. The Balaban J connectivity index is 1.78. The van der Waals surface area contributed by atoms with Gasteiger partial charge in [-0.25, -0.2) is 8.42 Å². The maximum atomic E-state index is 12.6. The van der Waals surface area contributed by atoms with Crippen LogP contribution in [0, 0.1) is 5.92 Å². The molecule has 0 saturated carbocycles. The summed E-state index contributed by atoms with van der Waals surface area (Å²) >= 11 is 0. The van der Waals surface area contributed by atoms with E-state index in [9.17, 15) is 21.6 Å². The Morgan fingerprint density at radius 1 is 1.37 bits per heavy atom. The smallest absolute Gasteiger partial charge is 0.356 e. The second kappa shape index (κ2) is 8.91. The van der Waals surface area contributed by atoms with E-state index in [0.29, 0.717) is 16.8 Å². The second-order valence-corrected chi connectivity index (χ2v) is 8.48. The predicted octanol–water partition coefficient (Wildman–Crippen LogP) is 0.998. The molecule has 1 aromatic heterocycles. The van der Waals surface area contributed by atoms with Gasteiger partial charge in [-0.3, -0.25) is 9.67 Å². The van der Waals surface area contributed by atoms with Crippen LogP contribution >= 0.6 is 0 Å². The van der Waals surface area contributed by atoms with Gasteiger partial charge in [0.2, 0.25) is 0 Å². The Bertz CT molecular complexity index is 712. The van der Waals surface area contributed by atoms with Crippen LogP contribution in [0.5, 0.6) is 0 Å². The van der Waals surface area contributed by atoms with Gasteiger partial charge in [0.15, 0.2) is 5.96 Å². The van der Waals surface area contributed by atoms with Gasteiger partial charge in [-0.2, -0.15) is 22.6 Å². The van der Waals surface area contributed by atoms with Gasteiger partial charge in [0.25, 0.3) is 0 Å². The number of aromatic nitrogens is 2. The van der Waals surface area contributed by atoms with Gasteiger partial charge in [0, 0.05) is 51.7 Å². The number of guanidine groups is 1. The largest absolute Gasteiger partial charge is 0.511 e. The van der Waals surface area contributed by atoms with E-state index in [-0.39, 0.29) is 37.9 Å². The summed E-state index contributed by atoms with van der Waals surface area (Å²) in [5.41, 5.74) is -5.25. The zero-order chi connectivity index (χ0) is 20.1. The highest BCUT2D eigenvalue weighted by molar-refractivity contribution is 7.90. The van der Waals surface area contributed by atoms with Crippen molar-refractivity contribution in [3.05, 3.63) is 18.5 Å². The monoisotopic (exact) mass is 410 g/mol. The summed E-state index contributed by atoms with van der Waals surface area (Å²) < 4.78 is 63.0. The molecule has 0 bridgehead atoms. The third-order valence-electron chi connectivity index (χ3n) is 4.33. The minimum atomic E-state index is -5.25. The van der Waals surface area contributed by atoms with Gasteiger partial charge in [-0.1, -0.05) is 6.92 Å². The maximum absolute atomic E-state index is 12.6. The van der Waals surface area contributed by atoms with Gasteiger partial charge in [0.1, 0.15) is 0 Å². The minimum Gasteiger partial charge on any atom is -0.356 e. The quantitative estimate of drug-likeness (QED) is 0.539. The summed E-state index contributed by atoms with van der Waals surface area (Å²) in [5.74, 6) is 0.821. The summed E-state index contributed by atoms with van der Waals surface area (Å²) in [6.45, 7) is 3.09. The molecule has 1 unspecified atom stereocenters. The first-order chi connectivity index (χ1) is 12.6. The van der Waals surface area contributed by atoms with Crippen molar-refractivity contribution in [1.82, 2.24) is 24.7 Å². The van der Waals surface area contributed by atoms with Crippen LogP contribution in [0.1, 0.15) is 19.8 Å². The SMILES string of the molecule is CN=C(NCC(C)Cn1cccn1)NC1CCN(S(=O)(=O)C(F)(F)F)CC1. The molecule has 1 aliphatic heterocycles. The van der Waals surface area contributed by atoms with Crippen LogP contribution in [0.3, 0.4) is 0 Å². The Morgan fingerprint density at radius 2 is 2.04 bits per heavy atom. The van der Waals surface area contributed by atoms with Crippen LogP contribution in [0.25, 0.3) is 0 Å². The minimum absolute atomic E-state index is 0.141. The normalized spacial score (nSPS) is 19.1. The summed E-state index contributed by atoms with van der Waals surface area (Å²) in [7, 11) is -3.64. The lowest BCUT2D eigenvalue weighted by Gasteiger charge is -2.32. The van der Waals surface area contributed by atoms with Crippen molar-refractivity contribution >= 4 is 16.0 Å². The van der Waals surface area contributed by atoms with Crippen molar-refractivity contribution < 1.29 is 21.6 Å². The highest BCUT2D eigenvalue weighted by Crippen LogP contribution is 2.28. The van der Waals surface area contributed by atoms with E-state index < -0.39 is 15.5 Å². The van der Waals surface area contributed by atoms with Crippen LogP contribution in [0.4, 0.5) is 13.2 Å². The lowest BCUT2D eigenvalue weighted by molar-refractivity contribution is -0.0494. The number of nitrogens with zero attached hydrogens (tertiary/aromatic N) is 4. The molecule has 1 fully saturated rings. The molecule has 2 rings (SSSR count). The molecule has 1 atom stereocenters. The summed E-state index contributed by atoms with van der Waals surface area (Å²) in [6, 6.07) is 1.71. The molecule has 1 saturated heterocycles. The molecule has 0 amide bonds. The molecule has 1 aromatic rings. The van der Waals surface area contributed by atoms with Crippen molar-refractivity contribution in [2.75, 3.05) is 26.7 Å². The van der Waals surface area contributed by atoms with Gasteiger partial charge in [-0.05, 0) is 24.8 Å². The molecule has 0 spiro atoms. The van der Waals surface area contributed by atoms with Gasteiger partial charge >= 0.3 is 15.5 Å². The van der Waals surface area contributed by atoms with E-state index in [2.05, 4.69) is 27.6 Å². The zero-order valence-corrected chi connectivity index (χ0v) is 16.1. The average Bonchev–Trinajstić information content (AvgIpc) is 3.11. The lowest BCUT2D eigenvalue weighted by Crippen LogP contribution is -2.52. The first-order valence-corrected chi connectivity index (χ1v) is 10.1. The average molecular weight is 410 g/mol. The number of aliphatic imine (C=N–C) groups is 1. The zero-order valence-electron chi connectivity index (χ0n) is 15.3. The fourth-order valence-electron chi connectivity index (χ4n) is 2.84. The van der Waals surface area contributed by atoms with Gasteiger partial charge < -0.3 is 10.6 Å². The fourth-order valence-corrected chi connectivity index (χ4v) is 3.82. The predicted molar refractivity (Wildman–Crippen MR) is 95.5 cm³/mol. The molecular weight excluding hydrogens is 385 g/mol. The topological polar surface area (TPSA) is 91.6 Å². The van der Waals surface area contributed by atoms with Crippen molar-refractivity contribution in [2.45, 2.75) is 37.9 Å². The number of nitrogens with one attached hydrogen (secondary N) is 2. The van der Waals surface area contributed by atoms with E-state index in [1.165, 1.54) is 0 Å². The Morgan fingerprint density at radius 3 is 2.56 bits per heavy atom. The second-order valence-electron chi connectivity index (χ2n) is 6.55. The third-order valence-corrected chi connectivity index (χ3v) is 5.96. The molecule has 1 aliphatic rings. The van der Waals surface area contributed by atoms with Crippen LogP contribution in [-0.4, -0.2) is 66.7 Å².